The van der Waals surface area contributed by atoms with E-state index in [0.717, 1.165) is 39.3 Å². The SMILES string of the molecule is CCn1cc(C(=O)/C=C/c2ccc(OC)c(COc3cccc(Br)c3)c2)c(C)n1. The van der Waals surface area contributed by atoms with E-state index in [1.807, 2.05) is 56.3 Å². The van der Waals surface area contributed by atoms with Crippen molar-refractivity contribution in [2.45, 2.75) is 27.0 Å². The number of carbonyl (C=O) groups is 1. The minimum Gasteiger partial charge on any atom is -0.496 e. The summed E-state index contributed by atoms with van der Waals surface area (Å²) in [5.41, 5.74) is 3.15. The molecule has 0 radical (unpaired) electrons. The van der Waals surface area contributed by atoms with E-state index in [-0.39, 0.29) is 5.78 Å². The third-order valence-electron chi connectivity index (χ3n) is 4.46. The molecule has 1 heterocycles. The standard InChI is InChI=1S/C23H23BrN2O3/c1-4-26-14-21(16(2)25-26)22(27)10-8-17-9-11-23(28-3)18(12-17)15-29-20-7-5-6-19(24)13-20/h5-14H,4,15H2,1-3H3/b10-8+. The maximum Gasteiger partial charge on any atom is 0.189 e. The van der Waals surface area contributed by atoms with Crippen molar-refractivity contribution in [2.24, 2.45) is 0 Å². The van der Waals surface area contributed by atoms with Gasteiger partial charge in [-0.2, -0.15) is 5.10 Å². The van der Waals surface area contributed by atoms with Crippen molar-refractivity contribution in [1.82, 2.24) is 9.78 Å². The van der Waals surface area contributed by atoms with Gasteiger partial charge in [0.25, 0.3) is 0 Å². The number of ketones is 1. The Labute approximate surface area is 179 Å². The molecule has 0 aliphatic rings. The molecule has 0 unspecified atom stereocenters. The normalized spacial score (nSPS) is 11.0. The van der Waals surface area contributed by atoms with Gasteiger partial charge in [0, 0.05) is 22.8 Å². The first-order valence-corrected chi connectivity index (χ1v) is 10.1. The van der Waals surface area contributed by atoms with Crippen molar-refractivity contribution >= 4 is 27.8 Å². The zero-order valence-electron chi connectivity index (χ0n) is 16.7. The Morgan fingerprint density at radius 2 is 2.07 bits per heavy atom. The van der Waals surface area contributed by atoms with Crippen molar-refractivity contribution in [3.8, 4) is 11.5 Å². The third-order valence-corrected chi connectivity index (χ3v) is 4.95. The number of aromatic nitrogens is 2. The molecular formula is C23H23BrN2O3. The van der Waals surface area contributed by atoms with E-state index >= 15 is 0 Å². The molecular weight excluding hydrogens is 432 g/mol. The lowest BCUT2D eigenvalue weighted by Crippen LogP contribution is -1.99. The minimum absolute atomic E-state index is 0.0649. The molecule has 3 aromatic rings. The Bertz CT molecular complexity index is 1040. The van der Waals surface area contributed by atoms with E-state index in [2.05, 4.69) is 21.0 Å². The fourth-order valence-electron chi connectivity index (χ4n) is 2.92. The zero-order chi connectivity index (χ0) is 20.8. The van der Waals surface area contributed by atoms with Gasteiger partial charge >= 0.3 is 0 Å². The van der Waals surface area contributed by atoms with Gasteiger partial charge in [-0.3, -0.25) is 9.48 Å². The van der Waals surface area contributed by atoms with Crippen LogP contribution >= 0.6 is 15.9 Å². The Balaban J connectivity index is 1.76. The van der Waals surface area contributed by atoms with Crippen molar-refractivity contribution < 1.29 is 14.3 Å². The second-order valence-electron chi connectivity index (χ2n) is 6.50. The summed E-state index contributed by atoms with van der Waals surface area (Å²) < 4.78 is 14.1. The van der Waals surface area contributed by atoms with E-state index in [1.165, 1.54) is 0 Å². The quantitative estimate of drug-likeness (QED) is 0.335. The van der Waals surface area contributed by atoms with Crippen LogP contribution in [0.15, 0.2) is 59.2 Å². The van der Waals surface area contributed by atoms with Crippen molar-refractivity contribution in [2.75, 3.05) is 7.11 Å². The van der Waals surface area contributed by atoms with Crippen LogP contribution in [0.2, 0.25) is 0 Å². The highest BCUT2D eigenvalue weighted by Gasteiger charge is 2.11. The van der Waals surface area contributed by atoms with Gasteiger partial charge in [-0.05, 0) is 55.8 Å². The van der Waals surface area contributed by atoms with Gasteiger partial charge in [-0.1, -0.05) is 34.1 Å². The summed E-state index contributed by atoms with van der Waals surface area (Å²) in [7, 11) is 1.63. The van der Waals surface area contributed by atoms with Gasteiger partial charge in [0.15, 0.2) is 5.78 Å². The van der Waals surface area contributed by atoms with Crippen LogP contribution in [0.5, 0.6) is 11.5 Å². The van der Waals surface area contributed by atoms with Crippen molar-refractivity contribution in [1.29, 1.82) is 0 Å². The summed E-state index contributed by atoms with van der Waals surface area (Å²) >= 11 is 3.44. The molecule has 0 aliphatic heterocycles. The van der Waals surface area contributed by atoms with Gasteiger partial charge in [-0.15, -0.1) is 0 Å². The van der Waals surface area contributed by atoms with Crippen LogP contribution in [0.1, 0.15) is 34.1 Å². The predicted molar refractivity (Wildman–Crippen MR) is 117 cm³/mol. The van der Waals surface area contributed by atoms with Crippen LogP contribution in [0.25, 0.3) is 6.08 Å². The third kappa shape index (κ3) is 5.35. The molecule has 5 nitrogen and oxygen atoms in total. The summed E-state index contributed by atoms with van der Waals surface area (Å²) in [6, 6.07) is 13.4. The monoisotopic (exact) mass is 454 g/mol. The molecule has 0 spiro atoms. The molecule has 3 rings (SSSR count). The first kappa shape index (κ1) is 20.9. The lowest BCUT2D eigenvalue weighted by Gasteiger charge is -2.11. The van der Waals surface area contributed by atoms with E-state index in [4.69, 9.17) is 9.47 Å². The highest BCUT2D eigenvalue weighted by molar-refractivity contribution is 9.10. The van der Waals surface area contributed by atoms with E-state index in [1.54, 1.807) is 30.1 Å². The molecule has 0 atom stereocenters. The van der Waals surface area contributed by atoms with E-state index in [9.17, 15) is 4.79 Å². The minimum atomic E-state index is -0.0649. The summed E-state index contributed by atoms with van der Waals surface area (Å²) in [4.78, 5) is 12.5. The highest BCUT2D eigenvalue weighted by Crippen LogP contribution is 2.24. The average molecular weight is 455 g/mol. The number of nitrogens with zero attached hydrogens (tertiary/aromatic N) is 2. The lowest BCUT2D eigenvalue weighted by molar-refractivity contribution is 0.104. The molecule has 1 aromatic heterocycles. The molecule has 0 saturated carbocycles. The molecule has 0 amide bonds. The Kier molecular flexibility index (Phi) is 6.88. The maximum atomic E-state index is 12.5. The smallest absolute Gasteiger partial charge is 0.189 e. The van der Waals surface area contributed by atoms with Crippen molar-refractivity contribution in [3.05, 3.63) is 81.6 Å². The molecule has 6 heteroatoms. The summed E-state index contributed by atoms with van der Waals surface area (Å²) in [5.74, 6) is 1.44. The lowest BCUT2D eigenvalue weighted by atomic mass is 10.1. The second kappa shape index (κ2) is 9.56. The molecule has 150 valence electrons. The number of halogens is 1. The van der Waals surface area contributed by atoms with E-state index in [0.29, 0.717) is 12.2 Å². The van der Waals surface area contributed by atoms with Crippen LogP contribution in [0.3, 0.4) is 0 Å². The topological polar surface area (TPSA) is 53.4 Å². The molecule has 0 N–H and O–H groups in total. The van der Waals surface area contributed by atoms with Crippen LogP contribution in [0.4, 0.5) is 0 Å². The van der Waals surface area contributed by atoms with Crippen molar-refractivity contribution in [3.63, 3.8) is 0 Å². The zero-order valence-corrected chi connectivity index (χ0v) is 18.3. The van der Waals surface area contributed by atoms with Gasteiger partial charge in [0.1, 0.15) is 18.1 Å². The number of methoxy groups -OCH3 is 1. The second-order valence-corrected chi connectivity index (χ2v) is 7.41. The number of benzene rings is 2. The number of hydrogen-bond acceptors (Lipinski definition) is 4. The van der Waals surface area contributed by atoms with Gasteiger partial charge in [-0.25, -0.2) is 0 Å². The summed E-state index contributed by atoms with van der Waals surface area (Å²) in [6.45, 7) is 4.93. The van der Waals surface area contributed by atoms with Crippen LogP contribution in [-0.2, 0) is 13.2 Å². The molecule has 2 aromatic carbocycles. The summed E-state index contributed by atoms with van der Waals surface area (Å²) in [5, 5.41) is 4.33. The van der Waals surface area contributed by atoms with Gasteiger partial charge in [0.2, 0.25) is 0 Å². The fourth-order valence-corrected chi connectivity index (χ4v) is 3.29. The number of allylic oxidation sites excluding steroid dienone is 1. The largest absolute Gasteiger partial charge is 0.496 e. The Morgan fingerprint density at radius 1 is 1.24 bits per heavy atom. The maximum absolute atomic E-state index is 12.5. The van der Waals surface area contributed by atoms with Gasteiger partial charge < -0.3 is 9.47 Å². The van der Waals surface area contributed by atoms with Crippen LogP contribution in [0, 0.1) is 6.92 Å². The molecule has 0 saturated heterocycles. The first-order valence-electron chi connectivity index (χ1n) is 9.32. The number of carbonyl (C=O) groups excluding carboxylic acids is 1. The highest BCUT2D eigenvalue weighted by atomic mass is 79.9. The fraction of sp³-hybridized carbons (Fsp3) is 0.217. The van der Waals surface area contributed by atoms with E-state index < -0.39 is 0 Å². The number of rotatable bonds is 8. The molecule has 0 fully saturated rings. The number of ether oxygens (including phenoxy) is 2. The first-order chi connectivity index (χ1) is 14.0. The molecule has 0 aliphatic carbocycles. The Morgan fingerprint density at radius 3 is 2.76 bits per heavy atom. The van der Waals surface area contributed by atoms with Crippen LogP contribution in [-0.4, -0.2) is 22.7 Å². The number of hydrogen-bond donors (Lipinski definition) is 0. The number of aryl methyl sites for hydroxylation is 2. The molecule has 29 heavy (non-hydrogen) atoms. The predicted octanol–water partition coefficient (Wildman–Crippen LogP) is 5.46. The molecule has 0 bridgehead atoms. The van der Waals surface area contributed by atoms with Crippen LogP contribution < -0.4 is 9.47 Å². The van der Waals surface area contributed by atoms with Gasteiger partial charge in [0.05, 0.1) is 18.4 Å². The average Bonchev–Trinajstić information content (AvgIpc) is 3.11. The Hall–Kier alpha value is -2.86. The summed E-state index contributed by atoms with van der Waals surface area (Å²) in [6.07, 6.45) is 5.16.